The highest BCUT2D eigenvalue weighted by atomic mass is 15.1. The van der Waals surface area contributed by atoms with Crippen LogP contribution in [-0.2, 0) is 0 Å². The molecular weight excluding hydrogens is 530 g/mol. The summed E-state index contributed by atoms with van der Waals surface area (Å²) in [6, 6.07) is 52.7. The van der Waals surface area contributed by atoms with E-state index in [0.717, 1.165) is 17.1 Å². The molecule has 0 aliphatic heterocycles. The molecule has 0 amide bonds. The molecule has 7 aromatic carbocycles. The standard InChI is InChI=1S/C41H33N.C2H6/c1-28-22-24-31-14-10-12-20-36(31)40(28)38-26-35(42(33-16-6-4-7-17-33)34-18-8-5-9-19-34)27-39(30(38)3)41-29(2)23-25-32-15-11-13-21-37(32)41;1-2/h4-27H,1-3H3;1-2H3. The van der Waals surface area contributed by atoms with E-state index in [-0.39, 0.29) is 0 Å². The fourth-order valence-corrected chi connectivity index (χ4v) is 6.42. The Labute approximate surface area is 262 Å². The Hall–Kier alpha value is -5.14. The molecule has 44 heavy (non-hydrogen) atoms. The SMILES string of the molecule is CC.Cc1ccc2ccccc2c1-c1cc(N(c2ccccc2)c2ccccc2)cc(-c2c(C)ccc3ccccc23)c1C. The number of hydrogen-bond donors (Lipinski definition) is 0. The molecule has 0 heterocycles. The molecule has 7 aromatic rings. The van der Waals surface area contributed by atoms with Crippen LogP contribution in [0.15, 0.2) is 146 Å². The Morgan fingerprint density at radius 2 is 0.773 bits per heavy atom. The molecule has 0 aromatic heterocycles. The third-order valence-corrected chi connectivity index (χ3v) is 8.49. The Morgan fingerprint density at radius 3 is 1.20 bits per heavy atom. The Kier molecular flexibility index (Phi) is 8.30. The first kappa shape index (κ1) is 29.0. The topological polar surface area (TPSA) is 3.24 Å². The van der Waals surface area contributed by atoms with Gasteiger partial charge >= 0.3 is 0 Å². The molecular formula is C43H39N. The monoisotopic (exact) mass is 569 g/mol. The second kappa shape index (κ2) is 12.6. The molecule has 0 spiro atoms. The highest BCUT2D eigenvalue weighted by molar-refractivity contribution is 6.04. The van der Waals surface area contributed by atoms with Gasteiger partial charge in [-0.25, -0.2) is 0 Å². The molecule has 0 radical (unpaired) electrons. The molecule has 0 saturated heterocycles. The lowest BCUT2D eigenvalue weighted by atomic mass is 9.85. The highest BCUT2D eigenvalue weighted by Crippen LogP contribution is 2.45. The van der Waals surface area contributed by atoms with Crippen molar-refractivity contribution in [3.63, 3.8) is 0 Å². The van der Waals surface area contributed by atoms with Crippen LogP contribution in [0.5, 0.6) is 0 Å². The molecule has 0 atom stereocenters. The first-order chi connectivity index (χ1) is 21.6. The van der Waals surface area contributed by atoms with E-state index in [9.17, 15) is 0 Å². The van der Waals surface area contributed by atoms with Gasteiger partial charge in [0.2, 0.25) is 0 Å². The molecule has 0 fully saturated rings. The molecule has 216 valence electrons. The van der Waals surface area contributed by atoms with Gasteiger partial charge in [0.25, 0.3) is 0 Å². The zero-order valence-corrected chi connectivity index (χ0v) is 26.3. The summed E-state index contributed by atoms with van der Waals surface area (Å²) >= 11 is 0. The third-order valence-electron chi connectivity index (χ3n) is 8.49. The number of benzene rings is 7. The largest absolute Gasteiger partial charge is 0.310 e. The van der Waals surface area contributed by atoms with Crippen molar-refractivity contribution >= 4 is 38.6 Å². The number of fused-ring (bicyclic) bond motifs is 2. The summed E-state index contributed by atoms with van der Waals surface area (Å²) in [5, 5.41) is 5.08. The van der Waals surface area contributed by atoms with Gasteiger partial charge in [-0.1, -0.05) is 123 Å². The van der Waals surface area contributed by atoms with Gasteiger partial charge in [-0.05, 0) is 118 Å². The van der Waals surface area contributed by atoms with Crippen molar-refractivity contribution in [3.8, 4) is 22.3 Å². The fraction of sp³-hybridized carbons (Fsp3) is 0.116. The van der Waals surface area contributed by atoms with Gasteiger partial charge in [-0.15, -0.1) is 0 Å². The van der Waals surface area contributed by atoms with Crippen LogP contribution in [0, 0.1) is 20.8 Å². The van der Waals surface area contributed by atoms with Gasteiger partial charge in [0.1, 0.15) is 0 Å². The fourth-order valence-electron chi connectivity index (χ4n) is 6.42. The van der Waals surface area contributed by atoms with Crippen LogP contribution in [0.1, 0.15) is 30.5 Å². The molecule has 0 saturated carbocycles. The Morgan fingerprint density at radius 1 is 0.386 bits per heavy atom. The van der Waals surface area contributed by atoms with Gasteiger partial charge in [0.15, 0.2) is 0 Å². The van der Waals surface area contributed by atoms with Crippen LogP contribution in [0.3, 0.4) is 0 Å². The first-order valence-electron chi connectivity index (χ1n) is 15.6. The van der Waals surface area contributed by atoms with E-state index in [1.807, 2.05) is 13.8 Å². The summed E-state index contributed by atoms with van der Waals surface area (Å²) in [6.45, 7) is 10.8. The number of nitrogens with zero attached hydrogens (tertiary/aromatic N) is 1. The molecule has 0 N–H and O–H groups in total. The molecule has 1 nitrogen and oxygen atoms in total. The molecule has 0 aliphatic carbocycles. The van der Waals surface area contributed by atoms with Gasteiger partial charge in [-0.3, -0.25) is 0 Å². The number of para-hydroxylation sites is 2. The maximum absolute atomic E-state index is 2.40. The summed E-state index contributed by atoms with van der Waals surface area (Å²) < 4.78 is 0. The first-order valence-corrected chi connectivity index (χ1v) is 15.6. The van der Waals surface area contributed by atoms with Gasteiger partial charge in [-0.2, -0.15) is 0 Å². The zero-order chi connectivity index (χ0) is 30.6. The van der Waals surface area contributed by atoms with Gasteiger partial charge in [0.05, 0.1) is 0 Å². The van der Waals surface area contributed by atoms with E-state index in [2.05, 4.69) is 171 Å². The highest BCUT2D eigenvalue weighted by Gasteiger charge is 2.21. The Balaban J connectivity index is 0.00000168. The maximum atomic E-state index is 2.40. The lowest BCUT2D eigenvalue weighted by molar-refractivity contribution is 1.27. The van der Waals surface area contributed by atoms with E-state index in [1.165, 1.54) is 60.5 Å². The summed E-state index contributed by atoms with van der Waals surface area (Å²) in [7, 11) is 0. The average molecular weight is 570 g/mol. The van der Waals surface area contributed by atoms with E-state index >= 15 is 0 Å². The molecule has 7 rings (SSSR count). The van der Waals surface area contributed by atoms with Crippen molar-refractivity contribution in [1.82, 2.24) is 0 Å². The second-order valence-electron chi connectivity index (χ2n) is 11.1. The molecule has 0 bridgehead atoms. The normalized spacial score (nSPS) is 10.8. The van der Waals surface area contributed by atoms with Gasteiger partial charge in [0, 0.05) is 17.1 Å². The summed E-state index contributed by atoms with van der Waals surface area (Å²) in [4.78, 5) is 2.38. The van der Waals surface area contributed by atoms with Crippen molar-refractivity contribution in [1.29, 1.82) is 0 Å². The molecule has 0 unspecified atom stereocenters. The quantitative estimate of drug-likeness (QED) is 0.199. The van der Waals surface area contributed by atoms with E-state index in [4.69, 9.17) is 0 Å². The summed E-state index contributed by atoms with van der Waals surface area (Å²) in [5.74, 6) is 0. The third kappa shape index (κ3) is 5.27. The maximum Gasteiger partial charge on any atom is 0.0474 e. The van der Waals surface area contributed by atoms with Crippen LogP contribution < -0.4 is 4.90 Å². The van der Waals surface area contributed by atoms with Crippen LogP contribution >= 0.6 is 0 Å². The zero-order valence-electron chi connectivity index (χ0n) is 26.3. The summed E-state index contributed by atoms with van der Waals surface area (Å²) in [6.07, 6.45) is 0. The van der Waals surface area contributed by atoms with Crippen molar-refractivity contribution < 1.29 is 0 Å². The lowest BCUT2D eigenvalue weighted by Crippen LogP contribution is -2.11. The Bertz CT molecular complexity index is 1910. The van der Waals surface area contributed by atoms with Crippen LogP contribution in [-0.4, -0.2) is 0 Å². The minimum Gasteiger partial charge on any atom is -0.310 e. The summed E-state index contributed by atoms with van der Waals surface area (Å²) in [5.41, 5.74) is 12.4. The van der Waals surface area contributed by atoms with Crippen molar-refractivity contribution in [2.75, 3.05) is 4.90 Å². The van der Waals surface area contributed by atoms with Crippen molar-refractivity contribution in [2.24, 2.45) is 0 Å². The minimum absolute atomic E-state index is 1.13. The van der Waals surface area contributed by atoms with Crippen LogP contribution in [0.25, 0.3) is 43.8 Å². The predicted molar refractivity (Wildman–Crippen MR) is 193 cm³/mol. The number of anilines is 3. The number of aryl methyl sites for hydroxylation is 2. The van der Waals surface area contributed by atoms with E-state index in [0.29, 0.717) is 0 Å². The van der Waals surface area contributed by atoms with Gasteiger partial charge < -0.3 is 4.90 Å². The van der Waals surface area contributed by atoms with Crippen LogP contribution in [0.2, 0.25) is 0 Å². The van der Waals surface area contributed by atoms with Crippen LogP contribution in [0.4, 0.5) is 17.1 Å². The smallest absolute Gasteiger partial charge is 0.0474 e. The second-order valence-corrected chi connectivity index (χ2v) is 11.1. The molecule has 1 heteroatoms. The van der Waals surface area contributed by atoms with E-state index in [1.54, 1.807) is 0 Å². The van der Waals surface area contributed by atoms with E-state index < -0.39 is 0 Å². The van der Waals surface area contributed by atoms with Crippen molar-refractivity contribution in [3.05, 3.63) is 162 Å². The lowest BCUT2D eigenvalue weighted by Gasteiger charge is -2.28. The van der Waals surface area contributed by atoms with Crippen molar-refractivity contribution in [2.45, 2.75) is 34.6 Å². The number of rotatable bonds is 5. The number of hydrogen-bond acceptors (Lipinski definition) is 1. The average Bonchev–Trinajstić information content (AvgIpc) is 3.08. The minimum atomic E-state index is 1.13. The predicted octanol–water partition coefficient (Wildman–Crippen LogP) is 12.7. The molecule has 0 aliphatic rings.